The van der Waals surface area contributed by atoms with Crippen molar-refractivity contribution < 1.29 is 9.53 Å². The van der Waals surface area contributed by atoms with Gasteiger partial charge in [0, 0.05) is 11.6 Å². The molecule has 0 radical (unpaired) electrons. The highest BCUT2D eigenvalue weighted by atomic mass is 32.2. The van der Waals surface area contributed by atoms with Crippen molar-refractivity contribution in [1.82, 2.24) is 4.90 Å². The predicted octanol–water partition coefficient (Wildman–Crippen LogP) is 2.95. The van der Waals surface area contributed by atoms with Crippen molar-refractivity contribution in [2.45, 2.75) is 19.4 Å². The number of ether oxygens (including phenoxy) is 1. The van der Waals surface area contributed by atoms with Gasteiger partial charge in [0.2, 0.25) is 0 Å². The zero-order chi connectivity index (χ0) is 14.3. The number of rotatable bonds is 8. The first-order valence-electron chi connectivity index (χ1n) is 6.45. The molecule has 0 N–H and O–H groups in total. The molecule has 0 heterocycles. The molecule has 0 fully saturated rings. The van der Waals surface area contributed by atoms with E-state index >= 15 is 0 Å². The minimum absolute atomic E-state index is 0.136. The summed E-state index contributed by atoms with van der Waals surface area (Å²) in [6.07, 6.45) is 3.21. The van der Waals surface area contributed by atoms with Crippen LogP contribution in [0.2, 0.25) is 0 Å². The van der Waals surface area contributed by atoms with Crippen LogP contribution < -0.4 is 4.74 Å². The maximum atomic E-state index is 12.2. The minimum atomic E-state index is 0.136. The first-order valence-corrected chi connectivity index (χ1v) is 7.84. The number of ketones is 1. The highest BCUT2D eigenvalue weighted by Crippen LogP contribution is 2.14. The third-order valence-electron chi connectivity index (χ3n) is 3.28. The van der Waals surface area contributed by atoms with Crippen molar-refractivity contribution >= 4 is 17.5 Å². The summed E-state index contributed by atoms with van der Waals surface area (Å²) >= 11 is 1.84. The van der Waals surface area contributed by atoms with Crippen LogP contribution in [0.5, 0.6) is 5.75 Å². The summed E-state index contributed by atoms with van der Waals surface area (Å²) in [6.45, 7) is 2.61. The number of Topliss-reactive ketones (excluding diaryl/α,β-unsaturated/α-hetero) is 1. The number of carbonyl (C=O) groups excluding carboxylic acids is 1. The minimum Gasteiger partial charge on any atom is -0.497 e. The Morgan fingerprint density at radius 3 is 2.84 bits per heavy atom. The van der Waals surface area contributed by atoms with E-state index in [9.17, 15) is 4.79 Å². The summed E-state index contributed by atoms with van der Waals surface area (Å²) < 4.78 is 5.14. The number of nitrogens with zero attached hydrogens (tertiary/aromatic N) is 1. The zero-order valence-electron chi connectivity index (χ0n) is 12.2. The van der Waals surface area contributed by atoms with Gasteiger partial charge in [0.1, 0.15) is 5.75 Å². The van der Waals surface area contributed by atoms with Crippen molar-refractivity contribution in [2.24, 2.45) is 0 Å². The van der Waals surface area contributed by atoms with Crippen LogP contribution >= 0.6 is 11.8 Å². The molecule has 0 aromatic heterocycles. The van der Waals surface area contributed by atoms with Crippen LogP contribution in [0.4, 0.5) is 0 Å². The second kappa shape index (κ2) is 8.23. The molecule has 1 unspecified atom stereocenters. The summed E-state index contributed by atoms with van der Waals surface area (Å²) in [5, 5.41) is 0. The lowest BCUT2D eigenvalue weighted by atomic mass is 10.1. The Labute approximate surface area is 120 Å². The van der Waals surface area contributed by atoms with Gasteiger partial charge in [-0.25, -0.2) is 0 Å². The molecule has 106 valence electrons. The summed E-state index contributed by atoms with van der Waals surface area (Å²) in [5.74, 6) is 1.99. The molecular formula is C15H23NO2S. The van der Waals surface area contributed by atoms with E-state index in [0.29, 0.717) is 18.2 Å². The van der Waals surface area contributed by atoms with Crippen molar-refractivity contribution in [1.29, 1.82) is 0 Å². The van der Waals surface area contributed by atoms with Gasteiger partial charge in [-0.1, -0.05) is 12.1 Å². The van der Waals surface area contributed by atoms with E-state index in [-0.39, 0.29) is 5.78 Å². The largest absolute Gasteiger partial charge is 0.497 e. The van der Waals surface area contributed by atoms with Gasteiger partial charge in [-0.2, -0.15) is 11.8 Å². The first-order chi connectivity index (χ1) is 9.08. The Kier molecular flexibility index (Phi) is 6.95. The van der Waals surface area contributed by atoms with Crippen LogP contribution in [-0.2, 0) is 0 Å². The first kappa shape index (κ1) is 16.1. The van der Waals surface area contributed by atoms with Gasteiger partial charge in [-0.05, 0) is 44.5 Å². The van der Waals surface area contributed by atoms with Crippen molar-refractivity contribution in [2.75, 3.05) is 32.7 Å². The van der Waals surface area contributed by atoms with E-state index < -0.39 is 0 Å². The summed E-state index contributed by atoms with van der Waals surface area (Å²) in [6, 6.07) is 7.75. The average Bonchev–Trinajstić information content (AvgIpc) is 2.44. The molecular weight excluding hydrogens is 258 g/mol. The molecule has 0 spiro atoms. The van der Waals surface area contributed by atoms with E-state index in [0.717, 1.165) is 17.9 Å². The normalized spacial score (nSPS) is 12.5. The second-order valence-electron chi connectivity index (χ2n) is 4.70. The maximum absolute atomic E-state index is 12.2. The topological polar surface area (TPSA) is 29.5 Å². The van der Waals surface area contributed by atoms with Crippen LogP contribution in [-0.4, -0.2) is 49.4 Å². The average molecular weight is 281 g/mol. The molecule has 0 aliphatic rings. The van der Waals surface area contributed by atoms with Gasteiger partial charge in [-0.15, -0.1) is 0 Å². The summed E-state index contributed by atoms with van der Waals surface area (Å²) in [7, 11) is 3.61. The van der Waals surface area contributed by atoms with Crippen molar-refractivity contribution in [3.8, 4) is 5.75 Å². The molecule has 0 bridgehead atoms. The highest BCUT2D eigenvalue weighted by molar-refractivity contribution is 7.98. The van der Waals surface area contributed by atoms with Gasteiger partial charge in [0.15, 0.2) is 5.78 Å². The molecule has 1 rings (SSSR count). The Hall–Kier alpha value is -1.00. The third kappa shape index (κ3) is 5.25. The molecule has 0 saturated carbocycles. The smallest absolute Gasteiger partial charge is 0.176 e. The fourth-order valence-electron chi connectivity index (χ4n) is 1.78. The second-order valence-corrected chi connectivity index (χ2v) is 5.69. The monoisotopic (exact) mass is 281 g/mol. The van der Waals surface area contributed by atoms with E-state index in [1.807, 2.05) is 37.0 Å². The van der Waals surface area contributed by atoms with Gasteiger partial charge in [0.25, 0.3) is 0 Å². The zero-order valence-corrected chi connectivity index (χ0v) is 13.0. The number of benzene rings is 1. The Bertz CT molecular complexity index is 409. The van der Waals surface area contributed by atoms with Crippen LogP contribution in [0.15, 0.2) is 24.3 Å². The molecule has 3 nitrogen and oxygen atoms in total. The standard InChI is InChI=1S/C15H23NO2S/c1-12(8-9-19-4)16(2)11-15(17)13-6-5-7-14(10-13)18-3/h5-7,10,12H,8-9,11H2,1-4H3. The third-order valence-corrected chi connectivity index (χ3v) is 3.92. The molecule has 0 aliphatic heterocycles. The number of carbonyl (C=O) groups is 1. The Balaban J connectivity index is 2.58. The quantitative estimate of drug-likeness (QED) is 0.685. The number of likely N-dealkylation sites (N-methyl/N-ethyl adjacent to an activating group) is 1. The summed E-state index contributed by atoms with van der Waals surface area (Å²) in [5.41, 5.74) is 0.711. The predicted molar refractivity (Wildman–Crippen MR) is 82.4 cm³/mol. The van der Waals surface area contributed by atoms with Gasteiger partial charge in [-0.3, -0.25) is 9.69 Å². The van der Waals surface area contributed by atoms with Crippen LogP contribution in [0.1, 0.15) is 23.7 Å². The fourth-order valence-corrected chi connectivity index (χ4v) is 2.36. The number of methoxy groups -OCH3 is 1. The Morgan fingerprint density at radius 1 is 1.47 bits per heavy atom. The van der Waals surface area contributed by atoms with Gasteiger partial charge >= 0.3 is 0 Å². The molecule has 0 saturated heterocycles. The van der Waals surface area contributed by atoms with Crippen LogP contribution in [0.3, 0.4) is 0 Å². The molecule has 0 aliphatic carbocycles. The van der Waals surface area contributed by atoms with Gasteiger partial charge in [0.05, 0.1) is 13.7 Å². The fraction of sp³-hybridized carbons (Fsp3) is 0.533. The number of hydrogen-bond acceptors (Lipinski definition) is 4. The van der Waals surface area contributed by atoms with Crippen molar-refractivity contribution in [3.63, 3.8) is 0 Å². The number of thioether (sulfide) groups is 1. The molecule has 19 heavy (non-hydrogen) atoms. The van der Waals surface area contributed by atoms with E-state index in [1.54, 1.807) is 13.2 Å². The molecule has 1 aromatic carbocycles. The highest BCUT2D eigenvalue weighted by Gasteiger charge is 2.14. The molecule has 1 aromatic rings. The molecule has 1 atom stereocenters. The van der Waals surface area contributed by atoms with E-state index in [4.69, 9.17) is 4.74 Å². The van der Waals surface area contributed by atoms with E-state index in [1.165, 1.54) is 0 Å². The number of hydrogen-bond donors (Lipinski definition) is 0. The maximum Gasteiger partial charge on any atom is 0.176 e. The molecule has 4 heteroatoms. The lowest BCUT2D eigenvalue weighted by Gasteiger charge is -2.23. The van der Waals surface area contributed by atoms with Crippen LogP contribution in [0.25, 0.3) is 0 Å². The Morgan fingerprint density at radius 2 is 2.21 bits per heavy atom. The molecule has 0 amide bonds. The summed E-state index contributed by atoms with van der Waals surface area (Å²) in [4.78, 5) is 14.3. The lowest BCUT2D eigenvalue weighted by Crippen LogP contribution is -2.34. The van der Waals surface area contributed by atoms with Gasteiger partial charge < -0.3 is 4.74 Å². The SMILES string of the molecule is COc1cccc(C(=O)CN(C)C(C)CCSC)c1. The van der Waals surface area contributed by atoms with E-state index in [2.05, 4.69) is 18.1 Å². The van der Waals surface area contributed by atoms with Crippen LogP contribution in [0, 0.1) is 0 Å². The van der Waals surface area contributed by atoms with Crippen molar-refractivity contribution in [3.05, 3.63) is 29.8 Å². The lowest BCUT2D eigenvalue weighted by molar-refractivity contribution is 0.0923.